The fourth-order valence-electron chi connectivity index (χ4n) is 1.90. The van der Waals surface area contributed by atoms with Gasteiger partial charge in [0.15, 0.2) is 0 Å². The molecule has 88 valence electrons. The smallest absolute Gasteiger partial charge is 0.118 e. The largest absolute Gasteiger partial charge is 0.497 e. The van der Waals surface area contributed by atoms with E-state index in [0.717, 1.165) is 45.0 Å². The summed E-state index contributed by atoms with van der Waals surface area (Å²) < 4.78 is 10.5. The van der Waals surface area contributed by atoms with E-state index < -0.39 is 0 Å². The van der Waals surface area contributed by atoms with Crippen molar-refractivity contribution in [3.63, 3.8) is 0 Å². The first kappa shape index (κ1) is 11.4. The maximum atomic E-state index is 5.32. The molecular weight excluding hydrogens is 202 g/mol. The van der Waals surface area contributed by atoms with Crippen LogP contribution in [0.1, 0.15) is 5.56 Å². The third-order valence-corrected chi connectivity index (χ3v) is 2.98. The van der Waals surface area contributed by atoms with E-state index in [-0.39, 0.29) is 0 Å². The number of rotatable bonds is 4. The molecule has 0 saturated carbocycles. The highest BCUT2D eigenvalue weighted by molar-refractivity contribution is 5.27. The zero-order chi connectivity index (χ0) is 11.2. The lowest BCUT2D eigenvalue weighted by Crippen LogP contribution is -2.37. The fraction of sp³-hybridized carbons (Fsp3) is 0.538. The Labute approximate surface area is 97.0 Å². The summed E-state index contributed by atoms with van der Waals surface area (Å²) in [7, 11) is 1.70. The first-order valence-electron chi connectivity index (χ1n) is 5.81. The van der Waals surface area contributed by atoms with Crippen molar-refractivity contribution in [2.75, 3.05) is 40.0 Å². The molecule has 0 atom stereocenters. The average molecular weight is 221 g/mol. The molecule has 0 N–H and O–H groups in total. The van der Waals surface area contributed by atoms with E-state index in [9.17, 15) is 0 Å². The molecule has 16 heavy (non-hydrogen) atoms. The summed E-state index contributed by atoms with van der Waals surface area (Å²) in [5.74, 6) is 0.926. The molecule has 1 aliphatic rings. The Morgan fingerprint density at radius 3 is 2.50 bits per heavy atom. The van der Waals surface area contributed by atoms with Crippen molar-refractivity contribution in [1.29, 1.82) is 0 Å². The van der Waals surface area contributed by atoms with Crippen molar-refractivity contribution in [3.05, 3.63) is 29.8 Å². The summed E-state index contributed by atoms with van der Waals surface area (Å²) in [4.78, 5) is 2.45. The van der Waals surface area contributed by atoms with Crippen molar-refractivity contribution in [2.24, 2.45) is 0 Å². The third kappa shape index (κ3) is 3.22. The predicted molar refractivity (Wildman–Crippen MR) is 64.0 cm³/mol. The number of morpholine rings is 1. The number of hydrogen-bond acceptors (Lipinski definition) is 3. The van der Waals surface area contributed by atoms with Crippen LogP contribution < -0.4 is 4.74 Å². The van der Waals surface area contributed by atoms with Gasteiger partial charge in [0.25, 0.3) is 0 Å². The van der Waals surface area contributed by atoms with Gasteiger partial charge >= 0.3 is 0 Å². The third-order valence-electron chi connectivity index (χ3n) is 2.98. The van der Waals surface area contributed by atoms with Gasteiger partial charge in [-0.25, -0.2) is 0 Å². The number of methoxy groups -OCH3 is 1. The van der Waals surface area contributed by atoms with Gasteiger partial charge in [-0.1, -0.05) is 12.1 Å². The van der Waals surface area contributed by atoms with Crippen LogP contribution in [0.2, 0.25) is 0 Å². The molecule has 0 amide bonds. The van der Waals surface area contributed by atoms with E-state index in [0.29, 0.717) is 0 Å². The minimum absolute atomic E-state index is 0.878. The minimum atomic E-state index is 0.878. The molecule has 3 nitrogen and oxygen atoms in total. The molecular formula is C13H19NO2. The van der Waals surface area contributed by atoms with Crippen LogP contribution in [-0.2, 0) is 11.2 Å². The molecule has 1 fully saturated rings. The molecule has 0 unspecified atom stereocenters. The summed E-state index contributed by atoms with van der Waals surface area (Å²) in [6, 6.07) is 8.32. The minimum Gasteiger partial charge on any atom is -0.497 e. The van der Waals surface area contributed by atoms with Gasteiger partial charge in [0.05, 0.1) is 20.3 Å². The van der Waals surface area contributed by atoms with Crippen LogP contribution in [-0.4, -0.2) is 44.9 Å². The zero-order valence-electron chi connectivity index (χ0n) is 9.82. The lowest BCUT2D eigenvalue weighted by Gasteiger charge is -2.26. The highest BCUT2D eigenvalue weighted by Gasteiger charge is 2.09. The maximum Gasteiger partial charge on any atom is 0.118 e. The van der Waals surface area contributed by atoms with Crippen LogP contribution in [0.3, 0.4) is 0 Å². The van der Waals surface area contributed by atoms with Crippen molar-refractivity contribution < 1.29 is 9.47 Å². The van der Waals surface area contributed by atoms with Gasteiger partial charge in [-0.15, -0.1) is 0 Å². The van der Waals surface area contributed by atoms with E-state index in [1.165, 1.54) is 5.56 Å². The van der Waals surface area contributed by atoms with Gasteiger partial charge in [-0.05, 0) is 24.1 Å². The number of nitrogens with zero attached hydrogens (tertiary/aromatic N) is 1. The number of hydrogen-bond donors (Lipinski definition) is 0. The molecule has 0 aromatic heterocycles. The molecule has 3 heteroatoms. The summed E-state index contributed by atoms with van der Waals surface area (Å²) in [5, 5.41) is 0. The van der Waals surface area contributed by atoms with Crippen molar-refractivity contribution in [2.45, 2.75) is 6.42 Å². The topological polar surface area (TPSA) is 21.7 Å². The average Bonchev–Trinajstić information content (AvgIpc) is 2.38. The Morgan fingerprint density at radius 2 is 1.88 bits per heavy atom. The molecule has 1 saturated heterocycles. The van der Waals surface area contributed by atoms with Crippen LogP contribution in [0, 0.1) is 0 Å². The van der Waals surface area contributed by atoms with E-state index in [2.05, 4.69) is 17.0 Å². The Hall–Kier alpha value is -1.06. The number of benzene rings is 1. The van der Waals surface area contributed by atoms with Crippen molar-refractivity contribution in [1.82, 2.24) is 4.90 Å². The van der Waals surface area contributed by atoms with Gasteiger partial charge < -0.3 is 9.47 Å². The van der Waals surface area contributed by atoms with Gasteiger partial charge in [-0.2, -0.15) is 0 Å². The summed E-state index contributed by atoms with van der Waals surface area (Å²) in [5.41, 5.74) is 1.37. The molecule has 1 aliphatic heterocycles. The first-order chi connectivity index (χ1) is 7.88. The Kier molecular flexibility index (Phi) is 4.19. The Morgan fingerprint density at radius 1 is 1.19 bits per heavy atom. The molecule has 0 bridgehead atoms. The van der Waals surface area contributed by atoms with E-state index in [1.807, 2.05) is 12.1 Å². The van der Waals surface area contributed by atoms with E-state index in [4.69, 9.17) is 9.47 Å². The van der Waals surface area contributed by atoms with Crippen LogP contribution in [0.25, 0.3) is 0 Å². The summed E-state index contributed by atoms with van der Waals surface area (Å²) >= 11 is 0. The van der Waals surface area contributed by atoms with Crippen LogP contribution >= 0.6 is 0 Å². The quantitative estimate of drug-likeness (QED) is 0.770. The molecule has 0 radical (unpaired) electrons. The second-order valence-electron chi connectivity index (χ2n) is 4.05. The highest BCUT2D eigenvalue weighted by Crippen LogP contribution is 2.12. The van der Waals surface area contributed by atoms with Gasteiger partial charge in [0.1, 0.15) is 5.75 Å². The second kappa shape index (κ2) is 5.87. The lowest BCUT2D eigenvalue weighted by atomic mass is 10.1. The maximum absolute atomic E-state index is 5.32. The first-order valence-corrected chi connectivity index (χ1v) is 5.81. The molecule has 1 aromatic carbocycles. The molecule has 1 aromatic rings. The molecule has 0 spiro atoms. The SMILES string of the molecule is COc1ccc(CCN2CCOCC2)cc1. The highest BCUT2D eigenvalue weighted by atomic mass is 16.5. The van der Waals surface area contributed by atoms with Gasteiger partial charge in [0.2, 0.25) is 0 Å². The van der Waals surface area contributed by atoms with Crippen molar-refractivity contribution >= 4 is 0 Å². The van der Waals surface area contributed by atoms with E-state index in [1.54, 1.807) is 7.11 Å². The summed E-state index contributed by atoms with van der Waals surface area (Å²) in [6.07, 6.45) is 1.10. The standard InChI is InChI=1S/C13H19NO2/c1-15-13-4-2-12(3-5-13)6-7-14-8-10-16-11-9-14/h2-5H,6-11H2,1H3. The second-order valence-corrected chi connectivity index (χ2v) is 4.05. The van der Waals surface area contributed by atoms with Crippen LogP contribution in [0.4, 0.5) is 0 Å². The Balaban J connectivity index is 1.79. The van der Waals surface area contributed by atoms with E-state index >= 15 is 0 Å². The van der Waals surface area contributed by atoms with Crippen LogP contribution in [0.15, 0.2) is 24.3 Å². The van der Waals surface area contributed by atoms with Crippen molar-refractivity contribution in [3.8, 4) is 5.75 Å². The predicted octanol–water partition coefficient (Wildman–Crippen LogP) is 1.57. The summed E-state index contributed by atoms with van der Waals surface area (Å²) in [6.45, 7) is 5.01. The monoisotopic (exact) mass is 221 g/mol. The lowest BCUT2D eigenvalue weighted by molar-refractivity contribution is 0.0384. The fourth-order valence-corrected chi connectivity index (χ4v) is 1.90. The molecule has 1 heterocycles. The number of ether oxygens (including phenoxy) is 2. The van der Waals surface area contributed by atoms with Gasteiger partial charge in [-0.3, -0.25) is 4.90 Å². The zero-order valence-corrected chi connectivity index (χ0v) is 9.82. The normalized spacial score (nSPS) is 17.3. The molecule has 2 rings (SSSR count). The van der Waals surface area contributed by atoms with Gasteiger partial charge in [0, 0.05) is 19.6 Å². The molecule has 0 aliphatic carbocycles. The Bertz CT molecular complexity index is 304. The van der Waals surface area contributed by atoms with Crippen LogP contribution in [0.5, 0.6) is 5.75 Å².